The Morgan fingerprint density at radius 2 is 1.68 bits per heavy atom. The minimum atomic E-state index is -0.419. The second-order valence-corrected chi connectivity index (χ2v) is 9.03. The Kier molecular flexibility index (Phi) is 7.72. The third-order valence-corrected chi connectivity index (χ3v) is 6.20. The topological polar surface area (TPSA) is 78.3 Å². The molecule has 1 heterocycles. The third kappa shape index (κ3) is 5.89. The van der Waals surface area contributed by atoms with E-state index in [1.54, 1.807) is 31.4 Å². The molecule has 4 rings (SSSR count). The highest BCUT2D eigenvalue weighted by atomic mass is 35.5. The van der Waals surface area contributed by atoms with Crippen LogP contribution in [0.4, 0.5) is 5.69 Å². The number of carbonyl (C=O) groups excluding carboxylic acids is 1. The van der Waals surface area contributed by atoms with Gasteiger partial charge in [-0.05, 0) is 67.6 Å². The Bertz CT molecular complexity index is 1230. The average molecular weight is 495 g/mol. The number of halogens is 1. The van der Waals surface area contributed by atoms with Gasteiger partial charge in [0.15, 0.2) is 11.0 Å². The van der Waals surface area contributed by atoms with E-state index in [0.29, 0.717) is 27.4 Å². The lowest BCUT2D eigenvalue weighted by Gasteiger charge is -2.14. The van der Waals surface area contributed by atoms with E-state index < -0.39 is 5.25 Å². The van der Waals surface area contributed by atoms with Gasteiger partial charge in [-0.2, -0.15) is 0 Å². The van der Waals surface area contributed by atoms with Crippen molar-refractivity contribution in [3.63, 3.8) is 0 Å². The van der Waals surface area contributed by atoms with Gasteiger partial charge in [-0.15, -0.1) is 10.2 Å². The molecule has 1 atom stereocenters. The number of benzene rings is 3. The number of carbonyl (C=O) groups is 1. The van der Waals surface area contributed by atoms with Crippen molar-refractivity contribution in [1.82, 2.24) is 14.8 Å². The summed E-state index contributed by atoms with van der Waals surface area (Å²) in [4.78, 5) is 12.8. The summed E-state index contributed by atoms with van der Waals surface area (Å²) >= 11 is 7.25. The van der Waals surface area contributed by atoms with Crippen LogP contribution in [0.3, 0.4) is 0 Å². The number of para-hydroxylation sites is 1. The molecule has 174 valence electrons. The highest BCUT2D eigenvalue weighted by Gasteiger charge is 2.21. The van der Waals surface area contributed by atoms with Crippen LogP contribution in [0.1, 0.15) is 12.7 Å². The molecular weight excluding hydrogens is 472 g/mol. The lowest BCUT2D eigenvalue weighted by molar-refractivity contribution is -0.115. The van der Waals surface area contributed by atoms with Crippen LogP contribution in [-0.4, -0.2) is 33.0 Å². The molecule has 3 aromatic carbocycles. The van der Waals surface area contributed by atoms with Crippen molar-refractivity contribution in [2.45, 2.75) is 23.9 Å². The smallest absolute Gasteiger partial charge is 0.237 e. The molecule has 0 spiro atoms. The molecule has 0 saturated heterocycles. The Morgan fingerprint density at radius 1 is 1.00 bits per heavy atom. The van der Waals surface area contributed by atoms with E-state index in [-0.39, 0.29) is 12.5 Å². The van der Waals surface area contributed by atoms with Crippen LogP contribution in [-0.2, 0) is 11.4 Å². The summed E-state index contributed by atoms with van der Waals surface area (Å²) in [6, 6.07) is 24.1. The van der Waals surface area contributed by atoms with Gasteiger partial charge in [0, 0.05) is 16.4 Å². The monoisotopic (exact) mass is 494 g/mol. The molecule has 0 bridgehead atoms. The third-order valence-electron chi connectivity index (χ3n) is 4.91. The Hall–Kier alpha value is -3.49. The second kappa shape index (κ2) is 11.1. The van der Waals surface area contributed by atoms with Crippen LogP contribution in [0.25, 0.3) is 5.69 Å². The van der Waals surface area contributed by atoms with Gasteiger partial charge in [-0.3, -0.25) is 9.36 Å². The quantitative estimate of drug-likeness (QED) is 0.304. The van der Waals surface area contributed by atoms with Gasteiger partial charge in [-0.1, -0.05) is 41.6 Å². The summed E-state index contributed by atoms with van der Waals surface area (Å²) in [5.74, 6) is 1.92. The molecule has 0 unspecified atom stereocenters. The maximum atomic E-state index is 12.8. The van der Waals surface area contributed by atoms with Gasteiger partial charge < -0.3 is 14.8 Å². The van der Waals surface area contributed by atoms with Gasteiger partial charge in [0.1, 0.15) is 18.1 Å². The molecule has 4 aromatic rings. The first-order valence-electron chi connectivity index (χ1n) is 10.5. The van der Waals surface area contributed by atoms with Crippen molar-refractivity contribution in [2.75, 3.05) is 12.4 Å². The molecule has 0 aliphatic rings. The first-order chi connectivity index (χ1) is 16.5. The standard InChI is InChI=1S/C25H23ClN4O3S/c1-17(24(31)27-19-10-8-18(26)9-11-19)34-25-29-28-23(30(25)20-6-4-3-5-7-20)16-33-22-14-12-21(32-2)13-15-22/h3-15,17H,16H2,1-2H3,(H,27,31)/t17-/m1/s1. The number of thioether (sulfide) groups is 1. The number of hydrogen-bond donors (Lipinski definition) is 1. The van der Waals surface area contributed by atoms with E-state index in [1.165, 1.54) is 11.8 Å². The number of aromatic nitrogens is 3. The van der Waals surface area contributed by atoms with Crippen LogP contribution < -0.4 is 14.8 Å². The molecule has 0 radical (unpaired) electrons. The van der Waals surface area contributed by atoms with Gasteiger partial charge >= 0.3 is 0 Å². The van der Waals surface area contributed by atoms with Crippen molar-refractivity contribution in [3.8, 4) is 17.2 Å². The van der Waals surface area contributed by atoms with Crippen molar-refractivity contribution < 1.29 is 14.3 Å². The van der Waals surface area contributed by atoms with E-state index in [0.717, 1.165) is 11.4 Å². The first-order valence-corrected chi connectivity index (χ1v) is 11.8. The maximum absolute atomic E-state index is 12.8. The molecule has 0 fully saturated rings. The fourth-order valence-electron chi connectivity index (χ4n) is 3.12. The summed E-state index contributed by atoms with van der Waals surface area (Å²) < 4.78 is 13.0. The van der Waals surface area contributed by atoms with E-state index in [2.05, 4.69) is 15.5 Å². The number of hydrogen-bond acceptors (Lipinski definition) is 6. The Morgan fingerprint density at radius 3 is 2.35 bits per heavy atom. The number of amides is 1. The van der Waals surface area contributed by atoms with Crippen LogP contribution in [0, 0.1) is 0 Å². The van der Waals surface area contributed by atoms with Crippen molar-refractivity contribution in [3.05, 3.63) is 89.7 Å². The molecule has 0 aliphatic carbocycles. The maximum Gasteiger partial charge on any atom is 0.237 e. The van der Waals surface area contributed by atoms with Crippen LogP contribution in [0.2, 0.25) is 5.02 Å². The minimum absolute atomic E-state index is 0.147. The zero-order chi connectivity index (χ0) is 23.9. The SMILES string of the molecule is COc1ccc(OCc2nnc(S[C@H](C)C(=O)Nc3ccc(Cl)cc3)n2-c2ccccc2)cc1. The highest BCUT2D eigenvalue weighted by molar-refractivity contribution is 8.00. The number of methoxy groups -OCH3 is 1. The lowest BCUT2D eigenvalue weighted by atomic mass is 10.3. The van der Waals surface area contributed by atoms with Gasteiger partial charge in [0.2, 0.25) is 5.91 Å². The fraction of sp³-hybridized carbons (Fsp3) is 0.160. The molecule has 7 nitrogen and oxygen atoms in total. The normalized spacial score (nSPS) is 11.6. The van der Waals surface area contributed by atoms with Crippen molar-refractivity contribution in [1.29, 1.82) is 0 Å². The van der Waals surface area contributed by atoms with Crippen molar-refractivity contribution >= 4 is 35.0 Å². The zero-order valence-electron chi connectivity index (χ0n) is 18.6. The van der Waals surface area contributed by atoms with Crippen LogP contribution in [0.15, 0.2) is 84.0 Å². The fourth-order valence-corrected chi connectivity index (χ4v) is 4.13. The lowest BCUT2D eigenvalue weighted by Crippen LogP contribution is -2.23. The summed E-state index contributed by atoms with van der Waals surface area (Å²) in [5, 5.41) is 12.4. The summed E-state index contributed by atoms with van der Waals surface area (Å²) in [6.45, 7) is 2.04. The molecule has 1 aromatic heterocycles. The molecule has 0 saturated carbocycles. The number of anilines is 1. The number of rotatable bonds is 9. The number of nitrogens with one attached hydrogen (secondary N) is 1. The highest BCUT2D eigenvalue weighted by Crippen LogP contribution is 2.27. The Labute approximate surface area is 207 Å². The number of ether oxygens (including phenoxy) is 2. The number of nitrogens with zero attached hydrogens (tertiary/aromatic N) is 3. The minimum Gasteiger partial charge on any atom is -0.497 e. The molecule has 34 heavy (non-hydrogen) atoms. The Balaban J connectivity index is 1.51. The van der Waals surface area contributed by atoms with Crippen LogP contribution >= 0.6 is 23.4 Å². The second-order valence-electron chi connectivity index (χ2n) is 7.29. The van der Waals surface area contributed by atoms with Crippen molar-refractivity contribution in [2.24, 2.45) is 0 Å². The van der Waals surface area contributed by atoms with E-state index in [4.69, 9.17) is 21.1 Å². The summed E-state index contributed by atoms with van der Waals surface area (Å²) in [7, 11) is 1.62. The van der Waals surface area contributed by atoms with Gasteiger partial charge in [0.25, 0.3) is 0 Å². The molecule has 0 aliphatic heterocycles. The molecule has 1 N–H and O–H groups in total. The van der Waals surface area contributed by atoms with Crippen LogP contribution in [0.5, 0.6) is 11.5 Å². The predicted octanol–water partition coefficient (Wildman–Crippen LogP) is 5.63. The first kappa shape index (κ1) is 23.7. The van der Waals surface area contributed by atoms with E-state index >= 15 is 0 Å². The average Bonchev–Trinajstić information content (AvgIpc) is 3.27. The molecule has 9 heteroatoms. The van der Waals surface area contributed by atoms with E-state index in [9.17, 15) is 4.79 Å². The molecule has 1 amide bonds. The zero-order valence-corrected chi connectivity index (χ0v) is 20.2. The van der Waals surface area contributed by atoms with E-state index in [1.807, 2.05) is 66.1 Å². The largest absolute Gasteiger partial charge is 0.497 e. The van der Waals surface area contributed by atoms with Gasteiger partial charge in [0.05, 0.1) is 12.4 Å². The summed E-state index contributed by atoms with van der Waals surface area (Å²) in [6.07, 6.45) is 0. The molecular formula is C25H23ClN4O3S. The summed E-state index contributed by atoms with van der Waals surface area (Å²) in [5.41, 5.74) is 1.56. The predicted molar refractivity (Wildman–Crippen MR) is 134 cm³/mol. The van der Waals surface area contributed by atoms with Gasteiger partial charge in [-0.25, -0.2) is 0 Å².